The van der Waals surface area contributed by atoms with Crippen LogP contribution in [0.4, 0.5) is 5.69 Å². The number of para-hydroxylation sites is 1. The topological polar surface area (TPSA) is 99.0 Å². The average Bonchev–Trinajstić information content (AvgIpc) is 3.11. The van der Waals surface area contributed by atoms with E-state index in [2.05, 4.69) is 38.1 Å². The van der Waals surface area contributed by atoms with Crippen molar-refractivity contribution in [2.75, 3.05) is 18.2 Å². The highest BCUT2D eigenvalue weighted by atomic mass is 32.2. The molecule has 1 amide bonds. The van der Waals surface area contributed by atoms with Gasteiger partial charge in [0.15, 0.2) is 5.65 Å². The number of benzene rings is 2. The molecule has 0 aliphatic rings. The Morgan fingerprint density at radius 3 is 2.77 bits per heavy atom. The Labute approximate surface area is 183 Å². The molecule has 9 heteroatoms. The van der Waals surface area contributed by atoms with E-state index in [1.807, 2.05) is 18.2 Å². The number of nitrogens with zero attached hydrogens (tertiary/aromatic N) is 4. The summed E-state index contributed by atoms with van der Waals surface area (Å²) in [6.07, 6.45) is 0.966. The lowest BCUT2D eigenvalue weighted by atomic mass is 10.2. The predicted octanol–water partition coefficient (Wildman–Crippen LogP) is 3.91. The fourth-order valence-corrected chi connectivity index (χ4v) is 3.95. The number of carbonyl (C=O) groups is 2. The first-order valence-corrected chi connectivity index (χ1v) is 10.8. The molecule has 0 radical (unpaired) electrons. The fraction of sp³-hybridized carbons (Fsp3) is 0.227. The van der Waals surface area contributed by atoms with Gasteiger partial charge in [-0.15, -0.1) is 10.2 Å². The molecule has 0 atom stereocenters. The molecule has 0 fully saturated rings. The summed E-state index contributed by atoms with van der Waals surface area (Å²) < 4.78 is 6.84. The Kier molecular flexibility index (Phi) is 6.13. The lowest BCUT2D eigenvalue weighted by molar-refractivity contribution is -0.113. The van der Waals surface area contributed by atoms with Crippen molar-refractivity contribution in [3.05, 3.63) is 54.1 Å². The zero-order chi connectivity index (χ0) is 21.8. The molecule has 0 unspecified atom stereocenters. The molecule has 0 aliphatic heterocycles. The smallest absolute Gasteiger partial charge is 0.337 e. The summed E-state index contributed by atoms with van der Waals surface area (Å²) in [6, 6.07) is 14.6. The minimum atomic E-state index is -0.458. The SMILES string of the molecule is CCCn1c2ccccc2c2nnc(SCC(=O)Nc3cccc(C(=O)OC)c3)nc21. The Morgan fingerprint density at radius 1 is 1.13 bits per heavy atom. The molecule has 0 saturated carbocycles. The number of fused-ring (bicyclic) bond motifs is 3. The van der Waals surface area contributed by atoms with Crippen LogP contribution in [0.1, 0.15) is 23.7 Å². The van der Waals surface area contributed by atoms with Gasteiger partial charge in [0.1, 0.15) is 5.52 Å². The van der Waals surface area contributed by atoms with E-state index in [4.69, 9.17) is 4.74 Å². The number of anilines is 1. The van der Waals surface area contributed by atoms with Gasteiger partial charge < -0.3 is 14.6 Å². The molecule has 8 nitrogen and oxygen atoms in total. The van der Waals surface area contributed by atoms with Crippen LogP contribution in [0.5, 0.6) is 0 Å². The summed E-state index contributed by atoms with van der Waals surface area (Å²) in [4.78, 5) is 28.7. The van der Waals surface area contributed by atoms with Gasteiger partial charge in [-0.2, -0.15) is 0 Å². The van der Waals surface area contributed by atoms with E-state index in [1.54, 1.807) is 24.3 Å². The van der Waals surface area contributed by atoms with Crippen LogP contribution in [0.3, 0.4) is 0 Å². The van der Waals surface area contributed by atoms with Gasteiger partial charge in [-0.1, -0.05) is 43.0 Å². The largest absolute Gasteiger partial charge is 0.465 e. The van der Waals surface area contributed by atoms with Crippen molar-refractivity contribution in [2.45, 2.75) is 25.0 Å². The van der Waals surface area contributed by atoms with Gasteiger partial charge >= 0.3 is 5.97 Å². The summed E-state index contributed by atoms with van der Waals surface area (Å²) in [5.41, 5.74) is 3.50. The van der Waals surface area contributed by atoms with Crippen LogP contribution in [0, 0.1) is 0 Å². The molecule has 0 saturated heterocycles. The van der Waals surface area contributed by atoms with Crippen molar-refractivity contribution in [3.8, 4) is 0 Å². The molecular formula is C22H21N5O3S. The molecule has 0 bridgehead atoms. The normalized spacial score (nSPS) is 11.0. The van der Waals surface area contributed by atoms with E-state index in [9.17, 15) is 9.59 Å². The number of carbonyl (C=O) groups excluding carboxylic acids is 2. The summed E-state index contributed by atoms with van der Waals surface area (Å²) in [5, 5.41) is 12.8. The van der Waals surface area contributed by atoms with Crippen LogP contribution in [-0.4, -0.2) is 44.5 Å². The first kappa shape index (κ1) is 20.8. The Morgan fingerprint density at radius 2 is 1.97 bits per heavy atom. The number of esters is 1. The second-order valence-corrected chi connectivity index (χ2v) is 7.79. The standard InChI is InChI=1S/C22H21N5O3S/c1-3-11-27-17-10-5-4-9-16(17)19-20(27)24-22(26-25-19)31-13-18(28)23-15-8-6-7-14(12-15)21(29)30-2/h4-10,12H,3,11,13H2,1-2H3,(H,23,28). The molecular weight excluding hydrogens is 414 g/mol. The summed E-state index contributed by atoms with van der Waals surface area (Å²) in [7, 11) is 1.31. The maximum atomic E-state index is 12.4. The van der Waals surface area contributed by atoms with Gasteiger partial charge in [0.25, 0.3) is 0 Å². The summed E-state index contributed by atoms with van der Waals surface area (Å²) >= 11 is 1.21. The molecule has 0 spiro atoms. The molecule has 1 N–H and O–H groups in total. The second kappa shape index (κ2) is 9.13. The number of rotatable bonds is 7. The highest BCUT2D eigenvalue weighted by Gasteiger charge is 2.15. The van der Waals surface area contributed by atoms with E-state index < -0.39 is 5.97 Å². The van der Waals surface area contributed by atoms with Crippen molar-refractivity contribution in [1.29, 1.82) is 0 Å². The van der Waals surface area contributed by atoms with E-state index in [1.165, 1.54) is 18.9 Å². The Bertz CT molecular complexity index is 1270. The van der Waals surface area contributed by atoms with Crippen LogP contribution in [0.15, 0.2) is 53.7 Å². The number of methoxy groups -OCH3 is 1. The quantitative estimate of drug-likeness (QED) is 0.347. The minimum absolute atomic E-state index is 0.115. The van der Waals surface area contributed by atoms with E-state index in [0.717, 1.165) is 35.0 Å². The van der Waals surface area contributed by atoms with Gasteiger partial charge in [-0.05, 0) is 30.7 Å². The third-order valence-corrected chi connectivity index (χ3v) is 5.54. The van der Waals surface area contributed by atoms with Gasteiger partial charge in [-0.3, -0.25) is 4.79 Å². The number of thioether (sulfide) groups is 1. The summed E-state index contributed by atoms with van der Waals surface area (Å²) in [6.45, 7) is 2.94. The molecule has 31 heavy (non-hydrogen) atoms. The first-order chi connectivity index (χ1) is 15.1. The molecule has 2 aromatic carbocycles. The van der Waals surface area contributed by atoms with Crippen molar-refractivity contribution in [3.63, 3.8) is 0 Å². The third-order valence-electron chi connectivity index (χ3n) is 4.70. The molecule has 4 aromatic rings. The first-order valence-electron chi connectivity index (χ1n) is 9.83. The zero-order valence-corrected chi connectivity index (χ0v) is 18.0. The molecule has 2 aromatic heterocycles. The number of hydrogen-bond acceptors (Lipinski definition) is 7. The van der Waals surface area contributed by atoms with E-state index in [-0.39, 0.29) is 11.7 Å². The van der Waals surface area contributed by atoms with Crippen LogP contribution in [-0.2, 0) is 16.1 Å². The van der Waals surface area contributed by atoms with Crippen LogP contribution >= 0.6 is 11.8 Å². The minimum Gasteiger partial charge on any atom is -0.465 e. The van der Waals surface area contributed by atoms with Gasteiger partial charge in [0.2, 0.25) is 11.1 Å². The monoisotopic (exact) mass is 435 g/mol. The number of aryl methyl sites for hydroxylation is 1. The van der Waals surface area contributed by atoms with Gasteiger partial charge in [-0.25, -0.2) is 9.78 Å². The molecule has 4 rings (SSSR count). The van der Waals surface area contributed by atoms with Gasteiger partial charge in [0.05, 0.1) is 23.9 Å². The maximum absolute atomic E-state index is 12.4. The van der Waals surface area contributed by atoms with Crippen molar-refractivity contribution in [1.82, 2.24) is 19.7 Å². The predicted molar refractivity (Wildman–Crippen MR) is 120 cm³/mol. The molecule has 158 valence electrons. The lowest BCUT2D eigenvalue weighted by Crippen LogP contribution is -2.15. The number of nitrogens with one attached hydrogen (secondary N) is 1. The number of aromatic nitrogens is 4. The maximum Gasteiger partial charge on any atom is 0.337 e. The number of hydrogen-bond donors (Lipinski definition) is 1. The van der Waals surface area contributed by atoms with Gasteiger partial charge in [0, 0.05) is 17.6 Å². The number of ether oxygens (including phenoxy) is 1. The highest BCUT2D eigenvalue weighted by Crippen LogP contribution is 2.27. The van der Waals surface area contributed by atoms with Crippen molar-refractivity contribution < 1.29 is 14.3 Å². The molecule has 2 heterocycles. The second-order valence-electron chi connectivity index (χ2n) is 6.84. The van der Waals surface area contributed by atoms with E-state index >= 15 is 0 Å². The summed E-state index contributed by atoms with van der Waals surface area (Å²) in [5.74, 6) is -0.575. The lowest BCUT2D eigenvalue weighted by Gasteiger charge is -2.07. The fourth-order valence-electron chi connectivity index (χ4n) is 3.37. The van der Waals surface area contributed by atoms with Crippen LogP contribution in [0.2, 0.25) is 0 Å². The zero-order valence-electron chi connectivity index (χ0n) is 17.2. The number of amides is 1. The van der Waals surface area contributed by atoms with Crippen molar-refractivity contribution >= 4 is 51.4 Å². The Hall–Kier alpha value is -3.46. The van der Waals surface area contributed by atoms with Crippen molar-refractivity contribution in [2.24, 2.45) is 0 Å². The molecule has 0 aliphatic carbocycles. The third kappa shape index (κ3) is 4.36. The Balaban J connectivity index is 1.50. The highest BCUT2D eigenvalue weighted by molar-refractivity contribution is 7.99. The average molecular weight is 436 g/mol. The van der Waals surface area contributed by atoms with Crippen LogP contribution < -0.4 is 5.32 Å². The van der Waals surface area contributed by atoms with E-state index in [0.29, 0.717) is 16.4 Å². The van der Waals surface area contributed by atoms with Crippen LogP contribution in [0.25, 0.3) is 22.1 Å².